The lowest BCUT2D eigenvalue weighted by Crippen LogP contribution is -2.00. The van der Waals surface area contributed by atoms with E-state index in [2.05, 4.69) is 34.6 Å². The van der Waals surface area contributed by atoms with Crippen molar-refractivity contribution in [1.82, 2.24) is 4.98 Å². The van der Waals surface area contributed by atoms with Gasteiger partial charge in [-0.3, -0.25) is 5.43 Å². The minimum Gasteiger partial charge on any atom is -0.496 e. The zero-order chi connectivity index (χ0) is 19.1. The van der Waals surface area contributed by atoms with Gasteiger partial charge in [0.25, 0.3) is 0 Å². The lowest BCUT2D eigenvalue weighted by molar-refractivity contribution is 0.296. The van der Waals surface area contributed by atoms with E-state index in [4.69, 9.17) is 15.2 Å². The third-order valence-electron chi connectivity index (χ3n) is 3.93. The Kier molecular flexibility index (Phi) is 6.27. The highest BCUT2D eigenvalue weighted by Gasteiger charge is 2.06. The van der Waals surface area contributed by atoms with Crippen LogP contribution in [0.15, 0.2) is 52.9 Å². The number of hydrazone groups is 1. The summed E-state index contributed by atoms with van der Waals surface area (Å²) < 4.78 is 11.3. The summed E-state index contributed by atoms with van der Waals surface area (Å²) in [7, 11) is 1.65. The average molecular weight is 382 g/mol. The van der Waals surface area contributed by atoms with Crippen LogP contribution in [0.4, 0.5) is 10.9 Å². The van der Waals surface area contributed by atoms with Crippen molar-refractivity contribution in [3.8, 4) is 11.5 Å². The highest BCUT2D eigenvalue weighted by atomic mass is 32.1. The number of methoxy groups -OCH3 is 1. The van der Waals surface area contributed by atoms with Crippen molar-refractivity contribution in [2.75, 3.05) is 18.3 Å². The number of benzene rings is 2. The monoisotopic (exact) mass is 382 g/mol. The van der Waals surface area contributed by atoms with E-state index in [0.29, 0.717) is 17.6 Å². The molecule has 0 amide bonds. The second-order valence-corrected chi connectivity index (χ2v) is 6.66. The van der Waals surface area contributed by atoms with Gasteiger partial charge in [0, 0.05) is 10.9 Å². The van der Waals surface area contributed by atoms with E-state index < -0.39 is 0 Å². The smallest absolute Gasteiger partial charge is 0.205 e. The Morgan fingerprint density at radius 1 is 1.22 bits per heavy atom. The first-order chi connectivity index (χ1) is 13.2. The van der Waals surface area contributed by atoms with E-state index >= 15 is 0 Å². The van der Waals surface area contributed by atoms with E-state index in [1.807, 2.05) is 30.3 Å². The Bertz CT molecular complexity index is 907. The van der Waals surface area contributed by atoms with Crippen molar-refractivity contribution < 1.29 is 9.47 Å². The fourth-order valence-electron chi connectivity index (χ4n) is 2.47. The van der Waals surface area contributed by atoms with Crippen molar-refractivity contribution in [3.05, 3.63) is 64.5 Å². The molecule has 1 aromatic heterocycles. The van der Waals surface area contributed by atoms with Crippen molar-refractivity contribution in [1.29, 1.82) is 0 Å². The zero-order valence-electron chi connectivity index (χ0n) is 15.3. The van der Waals surface area contributed by atoms with Crippen LogP contribution in [0.5, 0.6) is 11.5 Å². The molecular formula is C20H22N4O2S. The summed E-state index contributed by atoms with van der Waals surface area (Å²) in [6.45, 7) is 2.54. The van der Waals surface area contributed by atoms with Gasteiger partial charge in [-0.15, -0.1) is 11.3 Å². The fraction of sp³-hybridized carbons (Fsp3) is 0.200. The van der Waals surface area contributed by atoms with Crippen LogP contribution in [0, 0.1) is 0 Å². The van der Waals surface area contributed by atoms with Crippen LogP contribution in [0.2, 0.25) is 0 Å². The van der Waals surface area contributed by atoms with Crippen LogP contribution < -0.4 is 20.6 Å². The molecule has 3 N–H and O–H groups in total. The molecule has 6 nitrogen and oxygen atoms in total. The SMILES string of the molecule is CCc1ccc(OCc2cc(C=NNc3nc(N)cs3)ccc2OC)cc1. The molecule has 0 atom stereocenters. The summed E-state index contributed by atoms with van der Waals surface area (Å²) in [6.07, 6.45) is 2.73. The molecule has 7 heteroatoms. The number of nitrogens with one attached hydrogen (secondary N) is 1. The molecule has 2 aromatic carbocycles. The normalized spacial score (nSPS) is 10.9. The maximum atomic E-state index is 5.90. The molecule has 0 fully saturated rings. The minimum absolute atomic E-state index is 0.409. The van der Waals surface area contributed by atoms with Crippen LogP contribution in [0.3, 0.4) is 0 Å². The van der Waals surface area contributed by atoms with Crippen LogP contribution in [-0.4, -0.2) is 18.3 Å². The lowest BCUT2D eigenvalue weighted by atomic mass is 10.1. The molecule has 0 saturated heterocycles. The molecule has 3 aromatic rings. The first kappa shape index (κ1) is 18.7. The first-order valence-corrected chi connectivity index (χ1v) is 9.44. The molecule has 1 heterocycles. The van der Waals surface area contributed by atoms with Gasteiger partial charge in [-0.25, -0.2) is 4.98 Å². The number of nitrogens with two attached hydrogens (primary N) is 1. The summed E-state index contributed by atoms with van der Waals surface area (Å²) in [5, 5.41) is 6.60. The Morgan fingerprint density at radius 2 is 2.04 bits per heavy atom. The standard InChI is InChI=1S/C20H22N4O2S/c1-3-14-4-7-17(8-5-14)26-12-16-10-15(6-9-18(16)25-2)11-22-24-20-23-19(21)13-27-20/h4-11,13H,3,12,21H2,1-2H3,(H,23,24). The number of nitrogen functional groups attached to an aromatic ring is 1. The highest BCUT2D eigenvalue weighted by Crippen LogP contribution is 2.22. The van der Waals surface area contributed by atoms with E-state index in [1.54, 1.807) is 18.7 Å². The first-order valence-electron chi connectivity index (χ1n) is 8.56. The molecule has 140 valence electrons. The summed E-state index contributed by atoms with van der Waals surface area (Å²) >= 11 is 1.40. The molecule has 0 unspecified atom stereocenters. The number of hydrogen-bond donors (Lipinski definition) is 2. The highest BCUT2D eigenvalue weighted by molar-refractivity contribution is 7.14. The van der Waals surface area contributed by atoms with Gasteiger partial charge < -0.3 is 15.2 Å². The number of rotatable bonds is 8. The second-order valence-electron chi connectivity index (χ2n) is 5.80. The number of aryl methyl sites for hydroxylation is 1. The zero-order valence-corrected chi connectivity index (χ0v) is 16.1. The van der Waals surface area contributed by atoms with Crippen molar-refractivity contribution >= 4 is 28.5 Å². The van der Waals surface area contributed by atoms with Crippen molar-refractivity contribution in [2.45, 2.75) is 20.0 Å². The van der Waals surface area contributed by atoms with E-state index in [1.165, 1.54) is 16.9 Å². The number of anilines is 2. The molecular weight excluding hydrogens is 360 g/mol. The van der Waals surface area contributed by atoms with E-state index in [0.717, 1.165) is 29.0 Å². The van der Waals surface area contributed by atoms with Gasteiger partial charge in [0.15, 0.2) is 0 Å². The summed E-state index contributed by atoms with van der Waals surface area (Å²) in [5.74, 6) is 2.09. The Morgan fingerprint density at radius 3 is 2.70 bits per heavy atom. The predicted molar refractivity (Wildman–Crippen MR) is 111 cm³/mol. The van der Waals surface area contributed by atoms with Gasteiger partial charge in [0.2, 0.25) is 5.13 Å². The molecule has 27 heavy (non-hydrogen) atoms. The van der Waals surface area contributed by atoms with Crippen LogP contribution in [0.1, 0.15) is 23.6 Å². The van der Waals surface area contributed by atoms with Crippen molar-refractivity contribution in [2.24, 2.45) is 5.10 Å². The fourth-order valence-corrected chi connectivity index (χ4v) is 3.02. The molecule has 0 bridgehead atoms. The topological polar surface area (TPSA) is 81.8 Å². The molecule has 0 radical (unpaired) electrons. The summed E-state index contributed by atoms with van der Waals surface area (Å²) in [4.78, 5) is 4.09. The van der Waals surface area contributed by atoms with E-state index in [-0.39, 0.29) is 0 Å². The summed E-state index contributed by atoms with van der Waals surface area (Å²) in [5.41, 5.74) is 11.6. The molecule has 0 aliphatic carbocycles. The Labute approximate surface area is 162 Å². The number of aromatic nitrogens is 1. The maximum Gasteiger partial charge on any atom is 0.205 e. The Hall–Kier alpha value is -3.06. The number of hydrogen-bond acceptors (Lipinski definition) is 7. The number of thiazole rings is 1. The minimum atomic E-state index is 0.409. The molecule has 0 spiro atoms. The maximum absolute atomic E-state index is 5.90. The van der Waals surface area contributed by atoms with Crippen LogP contribution in [-0.2, 0) is 13.0 Å². The van der Waals surface area contributed by atoms with Gasteiger partial charge in [-0.2, -0.15) is 5.10 Å². The molecule has 0 aliphatic heterocycles. The van der Waals surface area contributed by atoms with Gasteiger partial charge in [0.1, 0.15) is 23.9 Å². The molecule has 0 aliphatic rings. The van der Waals surface area contributed by atoms with Crippen molar-refractivity contribution in [3.63, 3.8) is 0 Å². The molecule has 0 saturated carbocycles. The van der Waals surface area contributed by atoms with Gasteiger partial charge in [-0.1, -0.05) is 19.1 Å². The van der Waals surface area contributed by atoms with Gasteiger partial charge >= 0.3 is 0 Å². The largest absolute Gasteiger partial charge is 0.496 e. The average Bonchev–Trinajstić information content (AvgIpc) is 3.12. The van der Waals surface area contributed by atoms with E-state index in [9.17, 15) is 0 Å². The molecule has 3 rings (SSSR count). The second kappa shape index (κ2) is 9.05. The quantitative estimate of drug-likeness (QED) is 0.448. The lowest BCUT2D eigenvalue weighted by Gasteiger charge is -2.11. The third-order valence-corrected chi connectivity index (χ3v) is 4.69. The predicted octanol–water partition coefficient (Wildman–Crippen LogP) is 4.32. The Balaban J connectivity index is 1.66. The number of ether oxygens (including phenoxy) is 2. The van der Waals surface area contributed by atoms with Crippen LogP contribution in [0.25, 0.3) is 0 Å². The number of nitrogens with zero attached hydrogens (tertiary/aromatic N) is 2. The van der Waals surface area contributed by atoms with Gasteiger partial charge in [0.05, 0.1) is 13.3 Å². The van der Waals surface area contributed by atoms with Gasteiger partial charge in [-0.05, 0) is 47.9 Å². The van der Waals surface area contributed by atoms with Crippen LogP contribution >= 0.6 is 11.3 Å². The third kappa shape index (κ3) is 5.21. The summed E-state index contributed by atoms with van der Waals surface area (Å²) in [6, 6.07) is 13.9.